The molecule has 10 heteroatoms. The van der Waals surface area contributed by atoms with Crippen LogP contribution in [0.2, 0.25) is 0 Å². The molecule has 0 aliphatic rings. The van der Waals surface area contributed by atoms with Gasteiger partial charge in [-0.3, -0.25) is 9.59 Å². The first-order valence-electron chi connectivity index (χ1n) is 5.55. The van der Waals surface area contributed by atoms with Crippen LogP contribution in [0, 0.1) is 6.92 Å². The molecule has 0 fully saturated rings. The molecule has 2 N–H and O–H groups in total. The van der Waals surface area contributed by atoms with Gasteiger partial charge in [0.1, 0.15) is 5.76 Å². The molecule has 1 heterocycles. The highest BCUT2D eigenvalue weighted by atomic mass is 32.2. The van der Waals surface area contributed by atoms with Crippen LogP contribution in [0.25, 0.3) is 0 Å². The van der Waals surface area contributed by atoms with Gasteiger partial charge in [0.2, 0.25) is 15.9 Å². The first kappa shape index (κ1) is 16.1. The van der Waals surface area contributed by atoms with Crippen molar-refractivity contribution < 1.29 is 27.6 Å². The van der Waals surface area contributed by atoms with Crippen LogP contribution in [0.1, 0.15) is 12.7 Å². The van der Waals surface area contributed by atoms with Gasteiger partial charge < -0.3 is 14.9 Å². The Morgan fingerprint density at radius 1 is 1.55 bits per heavy atom. The molecule has 0 bridgehead atoms. The summed E-state index contributed by atoms with van der Waals surface area (Å²) in [4.78, 5) is 22.3. The molecule has 9 nitrogen and oxygen atoms in total. The van der Waals surface area contributed by atoms with E-state index in [2.05, 4.69) is 10.5 Å². The van der Waals surface area contributed by atoms with Crippen LogP contribution < -0.4 is 5.32 Å². The van der Waals surface area contributed by atoms with Crippen LogP contribution in [0.5, 0.6) is 0 Å². The molecule has 0 saturated carbocycles. The molecule has 0 spiro atoms. The Bertz CT molecular complexity index is 608. The first-order valence-corrected chi connectivity index (χ1v) is 7.06. The van der Waals surface area contributed by atoms with Crippen LogP contribution in [0.4, 0.5) is 5.82 Å². The van der Waals surface area contributed by atoms with Gasteiger partial charge in [-0.1, -0.05) is 5.16 Å². The standard InChI is InChI=1S/C10H15N3O6S/c1-6-4-8(12-19-6)11-9(14)5-13(3)20(17,18)7(2)10(15)16/h4,7H,5H2,1-3H3,(H,15,16)(H,11,12,14). The number of likely N-dealkylation sites (N-methyl/N-ethyl adjacent to an activating group) is 1. The Morgan fingerprint density at radius 2 is 2.15 bits per heavy atom. The van der Waals surface area contributed by atoms with E-state index in [1.807, 2.05) is 0 Å². The van der Waals surface area contributed by atoms with Crippen molar-refractivity contribution in [3.63, 3.8) is 0 Å². The molecule has 0 aromatic carbocycles. The zero-order valence-corrected chi connectivity index (χ0v) is 12.0. The quantitative estimate of drug-likeness (QED) is 0.735. The molecule has 1 rings (SSSR count). The molecule has 1 atom stereocenters. The molecule has 1 unspecified atom stereocenters. The molecule has 1 amide bonds. The maximum atomic E-state index is 11.8. The highest BCUT2D eigenvalue weighted by molar-refractivity contribution is 7.90. The summed E-state index contributed by atoms with van der Waals surface area (Å²) >= 11 is 0. The minimum atomic E-state index is -4.09. The van der Waals surface area contributed by atoms with Crippen LogP contribution in [0.15, 0.2) is 10.6 Å². The van der Waals surface area contributed by atoms with Crippen LogP contribution in [-0.4, -0.2) is 53.7 Å². The fraction of sp³-hybridized carbons (Fsp3) is 0.500. The van der Waals surface area contributed by atoms with Gasteiger partial charge in [0.15, 0.2) is 11.1 Å². The maximum absolute atomic E-state index is 11.8. The second-order valence-corrected chi connectivity index (χ2v) is 6.51. The third kappa shape index (κ3) is 3.78. The average molecular weight is 305 g/mol. The molecular weight excluding hydrogens is 290 g/mol. The molecule has 1 aromatic rings. The molecule has 20 heavy (non-hydrogen) atoms. The average Bonchev–Trinajstić information content (AvgIpc) is 2.73. The topological polar surface area (TPSA) is 130 Å². The Hall–Kier alpha value is -1.94. The van der Waals surface area contributed by atoms with Crippen LogP contribution >= 0.6 is 0 Å². The van der Waals surface area contributed by atoms with Gasteiger partial charge in [-0.25, -0.2) is 8.42 Å². The summed E-state index contributed by atoms with van der Waals surface area (Å²) in [5.41, 5.74) is 0. The fourth-order valence-corrected chi connectivity index (χ4v) is 2.39. The first-order chi connectivity index (χ1) is 9.14. The number of nitrogens with one attached hydrogen (secondary N) is 1. The molecule has 112 valence electrons. The Labute approximate surface area is 115 Å². The van der Waals surface area contributed by atoms with E-state index in [1.165, 1.54) is 6.07 Å². The predicted molar refractivity (Wildman–Crippen MR) is 68.5 cm³/mol. The molecular formula is C10H15N3O6S. The van der Waals surface area contributed by atoms with E-state index in [4.69, 9.17) is 9.63 Å². The SMILES string of the molecule is Cc1cc(NC(=O)CN(C)S(=O)(=O)C(C)C(=O)O)no1. The summed E-state index contributed by atoms with van der Waals surface area (Å²) in [5.74, 6) is -1.49. The van der Waals surface area contributed by atoms with E-state index in [1.54, 1.807) is 6.92 Å². The van der Waals surface area contributed by atoms with Crippen molar-refractivity contribution in [3.05, 3.63) is 11.8 Å². The number of amides is 1. The number of nitrogens with zero attached hydrogens (tertiary/aromatic N) is 2. The van der Waals surface area contributed by atoms with Gasteiger partial charge in [0.05, 0.1) is 6.54 Å². The van der Waals surface area contributed by atoms with Gasteiger partial charge in [-0.05, 0) is 13.8 Å². The van der Waals surface area contributed by atoms with Crippen molar-refractivity contribution in [2.75, 3.05) is 18.9 Å². The lowest BCUT2D eigenvalue weighted by molar-refractivity contribution is -0.136. The number of aromatic nitrogens is 1. The summed E-state index contributed by atoms with van der Waals surface area (Å²) < 4.78 is 29.0. The van der Waals surface area contributed by atoms with Crippen molar-refractivity contribution >= 4 is 27.7 Å². The van der Waals surface area contributed by atoms with E-state index >= 15 is 0 Å². The number of carboxylic acids is 1. The Balaban J connectivity index is 2.68. The number of sulfonamides is 1. The lowest BCUT2D eigenvalue weighted by Gasteiger charge is -2.18. The number of carboxylic acid groups (broad SMARTS) is 1. The smallest absolute Gasteiger partial charge is 0.323 e. The number of hydrogen-bond acceptors (Lipinski definition) is 6. The molecule has 0 aliphatic carbocycles. The van der Waals surface area contributed by atoms with Gasteiger partial charge in [-0.15, -0.1) is 0 Å². The maximum Gasteiger partial charge on any atom is 0.323 e. The Morgan fingerprint density at radius 3 is 2.60 bits per heavy atom. The van der Waals surface area contributed by atoms with Crippen LogP contribution in [-0.2, 0) is 19.6 Å². The second kappa shape index (κ2) is 6.01. The van der Waals surface area contributed by atoms with E-state index in [0.717, 1.165) is 14.0 Å². The van der Waals surface area contributed by atoms with E-state index in [9.17, 15) is 18.0 Å². The zero-order chi connectivity index (χ0) is 15.5. The van der Waals surface area contributed by atoms with Gasteiger partial charge in [0, 0.05) is 13.1 Å². The summed E-state index contributed by atoms with van der Waals surface area (Å²) in [6, 6.07) is 1.46. The number of carbonyl (C=O) groups is 2. The molecule has 0 saturated heterocycles. The van der Waals surface area contributed by atoms with Crippen molar-refractivity contribution in [2.45, 2.75) is 19.1 Å². The number of carbonyl (C=O) groups excluding carboxylic acids is 1. The fourth-order valence-electron chi connectivity index (χ4n) is 1.30. The highest BCUT2D eigenvalue weighted by Crippen LogP contribution is 2.09. The third-order valence-corrected chi connectivity index (χ3v) is 4.58. The summed E-state index contributed by atoms with van der Waals surface area (Å²) in [6.45, 7) is 2.15. The van der Waals surface area contributed by atoms with E-state index < -0.39 is 33.7 Å². The summed E-state index contributed by atoms with van der Waals surface area (Å²) in [6.07, 6.45) is 0. The molecule has 0 aliphatic heterocycles. The normalized spacial score (nSPS) is 13.2. The monoisotopic (exact) mass is 305 g/mol. The van der Waals surface area contributed by atoms with Gasteiger partial charge in [0.25, 0.3) is 0 Å². The number of hydrogen-bond donors (Lipinski definition) is 2. The Kier molecular flexibility index (Phi) is 4.84. The van der Waals surface area contributed by atoms with Crippen molar-refractivity contribution in [3.8, 4) is 0 Å². The number of rotatable bonds is 6. The minimum absolute atomic E-state index is 0.157. The largest absolute Gasteiger partial charge is 0.480 e. The van der Waals surface area contributed by atoms with Crippen LogP contribution in [0.3, 0.4) is 0 Å². The van der Waals surface area contributed by atoms with Crippen molar-refractivity contribution in [1.82, 2.24) is 9.46 Å². The molecule has 0 radical (unpaired) electrons. The number of aryl methyl sites for hydroxylation is 1. The lowest BCUT2D eigenvalue weighted by atomic mass is 10.5. The number of aliphatic carboxylic acids is 1. The van der Waals surface area contributed by atoms with Crippen molar-refractivity contribution in [2.24, 2.45) is 0 Å². The predicted octanol–water partition coefficient (Wildman–Crippen LogP) is -0.344. The minimum Gasteiger partial charge on any atom is -0.480 e. The zero-order valence-electron chi connectivity index (χ0n) is 11.2. The summed E-state index contributed by atoms with van der Waals surface area (Å²) in [7, 11) is -2.96. The van der Waals surface area contributed by atoms with Gasteiger partial charge in [-0.2, -0.15) is 4.31 Å². The highest BCUT2D eigenvalue weighted by Gasteiger charge is 2.32. The number of anilines is 1. The second-order valence-electron chi connectivity index (χ2n) is 4.15. The van der Waals surface area contributed by atoms with E-state index in [0.29, 0.717) is 10.1 Å². The van der Waals surface area contributed by atoms with Gasteiger partial charge >= 0.3 is 5.97 Å². The van der Waals surface area contributed by atoms with E-state index in [-0.39, 0.29) is 5.82 Å². The molecule has 1 aromatic heterocycles. The third-order valence-electron chi connectivity index (χ3n) is 2.49. The van der Waals surface area contributed by atoms with Crippen molar-refractivity contribution in [1.29, 1.82) is 0 Å². The lowest BCUT2D eigenvalue weighted by Crippen LogP contribution is -2.42. The summed E-state index contributed by atoms with van der Waals surface area (Å²) in [5, 5.41) is 12.9.